The normalized spacial score (nSPS) is 17.8. The molecular weight excluding hydrogens is 294 g/mol. The Morgan fingerprint density at radius 3 is 2.87 bits per heavy atom. The van der Waals surface area contributed by atoms with Gasteiger partial charge in [0.2, 0.25) is 0 Å². The van der Waals surface area contributed by atoms with Crippen LogP contribution in [0.1, 0.15) is 16.9 Å². The summed E-state index contributed by atoms with van der Waals surface area (Å²) in [7, 11) is 1.80. The van der Waals surface area contributed by atoms with Gasteiger partial charge in [0.15, 0.2) is 11.5 Å². The van der Waals surface area contributed by atoms with Gasteiger partial charge in [0.05, 0.1) is 0 Å². The minimum Gasteiger partial charge on any atom is -0.351 e. The van der Waals surface area contributed by atoms with E-state index in [1.54, 1.807) is 36.4 Å². The Hall–Kier alpha value is -2.90. The highest BCUT2D eigenvalue weighted by Crippen LogP contribution is 2.21. The van der Waals surface area contributed by atoms with Crippen LogP contribution in [0.4, 0.5) is 5.82 Å². The molecule has 0 saturated carbocycles. The van der Waals surface area contributed by atoms with Crippen LogP contribution < -0.4 is 10.2 Å². The molecule has 1 aliphatic heterocycles. The third-order valence-corrected chi connectivity index (χ3v) is 4.06. The zero-order chi connectivity index (χ0) is 15.8. The van der Waals surface area contributed by atoms with Gasteiger partial charge < -0.3 is 14.6 Å². The van der Waals surface area contributed by atoms with E-state index in [0.717, 1.165) is 31.0 Å². The maximum absolute atomic E-state index is 12.2. The molecule has 1 unspecified atom stereocenters. The molecule has 0 radical (unpaired) electrons. The SMILES string of the molecule is Cn1ccc(C(=O)NC2CCN(c3nccn4ccnc34)C2)n1. The molecule has 4 rings (SSSR count). The van der Waals surface area contributed by atoms with E-state index in [-0.39, 0.29) is 11.9 Å². The fourth-order valence-corrected chi connectivity index (χ4v) is 2.93. The average molecular weight is 311 g/mol. The maximum atomic E-state index is 12.2. The highest BCUT2D eigenvalue weighted by atomic mass is 16.2. The molecule has 0 spiro atoms. The smallest absolute Gasteiger partial charge is 0.272 e. The second-order valence-electron chi connectivity index (χ2n) is 5.69. The molecule has 1 aliphatic rings. The predicted octanol–water partition coefficient (Wildman–Crippen LogP) is 0.471. The number of imidazole rings is 1. The van der Waals surface area contributed by atoms with Crippen molar-refractivity contribution in [1.29, 1.82) is 0 Å². The summed E-state index contributed by atoms with van der Waals surface area (Å²) < 4.78 is 3.57. The first-order valence-corrected chi connectivity index (χ1v) is 7.54. The summed E-state index contributed by atoms with van der Waals surface area (Å²) in [6.45, 7) is 1.56. The van der Waals surface area contributed by atoms with Gasteiger partial charge in [0.25, 0.3) is 5.91 Å². The molecule has 0 aliphatic carbocycles. The number of aryl methyl sites for hydroxylation is 1. The van der Waals surface area contributed by atoms with E-state index in [0.29, 0.717) is 5.69 Å². The van der Waals surface area contributed by atoms with E-state index in [9.17, 15) is 4.79 Å². The summed E-state index contributed by atoms with van der Waals surface area (Å²) in [6.07, 6.45) is 9.95. The van der Waals surface area contributed by atoms with Crippen molar-refractivity contribution in [2.24, 2.45) is 7.05 Å². The van der Waals surface area contributed by atoms with E-state index in [4.69, 9.17) is 0 Å². The monoisotopic (exact) mass is 311 g/mol. The van der Waals surface area contributed by atoms with Crippen LogP contribution in [-0.2, 0) is 7.05 Å². The van der Waals surface area contributed by atoms with E-state index in [2.05, 4.69) is 25.3 Å². The van der Waals surface area contributed by atoms with Gasteiger partial charge in [0.1, 0.15) is 5.69 Å². The number of anilines is 1. The van der Waals surface area contributed by atoms with Crippen molar-refractivity contribution in [1.82, 2.24) is 29.5 Å². The third kappa shape index (κ3) is 2.52. The molecule has 1 fully saturated rings. The Morgan fingerprint density at radius 2 is 2.09 bits per heavy atom. The predicted molar refractivity (Wildman–Crippen MR) is 84.3 cm³/mol. The minimum atomic E-state index is -0.135. The lowest BCUT2D eigenvalue weighted by atomic mass is 10.2. The van der Waals surface area contributed by atoms with Crippen molar-refractivity contribution < 1.29 is 4.79 Å². The molecule has 8 heteroatoms. The molecule has 3 aromatic heterocycles. The molecule has 0 bridgehead atoms. The number of carbonyl (C=O) groups excluding carboxylic acids is 1. The van der Waals surface area contributed by atoms with Crippen LogP contribution >= 0.6 is 0 Å². The standard InChI is InChI=1S/C15H17N7O/c1-20-6-3-12(19-20)15(23)18-11-2-7-22(10-11)14-13-16-4-8-21(13)9-5-17-14/h3-6,8-9,11H,2,7,10H2,1H3,(H,18,23). The number of hydrogen-bond acceptors (Lipinski definition) is 5. The Bertz CT molecular complexity index is 852. The third-order valence-electron chi connectivity index (χ3n) is 4.06. The van der Waals surface area contributed by atoms with Crippen molar-refractivity contribution in [3.05, 3.63) is 42.7 Å². The van der Waals surface area contributed by atoms with Crippen molar-refractivity contribution in [2.75, 3.05) is 18.0 Å². The molecule has 3 aromatic rings. The second-order valence-corrected chi connectivity index (χ2v) is 5.69. The van der Waals surface area contributed by atoms with Crippen molar-refractivity contribution in [2.45, 2.75) is 12.5 Å². The van der Waals surface area contributed by atoms with Crippen LogP contribution in [0, 0.1) is 0 Å². The number of carbonyl (C=O) groups is 1. The molecule has 1 N–H and O–H groups in total. The largest absolute Gasteiger partial charge is 0.351 e. The number of hydrogen-bond donors (Lipinski definition) is 1. The molecule has 118 valence electrons. The molecule has 4 heterocycles. The quantitative estimate of drug-likeness (QED) is 0.760. The van der Waals surface area contributed by atoms with Gasteiger partial charge in [-0.25, -0.2) is 9.97 Å². The summed E-state index contributed by atoms with van der Waals surface area (Å²) in [6, 6.07) is 1.80. The summed E-state index contributed by atoms with van der Waals surface area (Å²) in [5, 5.41) is 7.17. The Kier molecular flexibility index (Phi) is 3.22. The first-order valence-electron chi connectivity index (χ1n) is 7.54. The van der Waals surface area contributed by atoms with E-state index in [1.165, 1.54) is 0 Å². The van der Waals surface area contributed by atoms with Crippen LogP contribution in [0.25, 0.3) is 5.65 Å². The zero-order valence-electron chi connectivity index (χ0n) is 12.8. The summed E-state index contributed by atoms with van der Waals surface area (Å²) >= 11 is 0. The van der Waals surface area contributed by atoms with Gasteiger partial charge in [0, 0.05) is 57.2 Å². The number of nitrogens with zero attached hydrogens (tertiary/aromatic N) is 6. The Balaban J connectivity index is 1.47. The Labute approximate surface area is 132 Å². The first-order chi connectivity index (χ1) is 11.2. The topological polar surface area (TPSA) is 80.4 Å². The lowest BCUT2D eigenvalue weighted by Gasteiger charge is -2.18. The fraction of sp³-hybridized carbons (Fsp3) is 0.333. The second kappa shape index (κ2) is 5.38. The van der Waals surface area contributed by atoms with E-state index >= 15 is 0 Å². The highest BCUT2D eigenvalue weighted by molar-refractivity contribution is 5.92. The van der Waals surface area contributed by atoms with Gasteiger partial charge in [-0.15, -0.1) is 0 Å². The summed E-state index contributed by atoms with van der Waals surface area (Å²) in [4.78, 5) is 23.2. The van der Waals surface area contributed by atoms with Crippen LogP contribution in [-0.4, -0.2) is 49.2 Å². The minimum absolute atomic E-state index is 0.0847. The number of nitrogens with one attached hydrogen (secondary N) is 1. The van der Waals surface area contributed by atoms with Gasteiger partial charge in [-0.05, 0) is 12.5 Å². The number of amides is 1. The molecule has 0 aromatic carbocycles. The molecule has 8 nitrogen and oxygen atoms in total. The van der Waals surface area contributed by atoms with Gasteiger partial charge in [-0.3, -0.25) is 9.48 Å². The van der Waals surface area contributed by atoms with E-state index in [1.807, 2.05) is 16.8 Å². The summed E-state index contributed by atoms with van der Waals surface area (Å²) in [5.41, 5.74) is 1.28. The van der Waals surface area contributed by atoms with Crippen molar-refractivity contribution in [3.63, 3.8) is 0 Å². The zero-order valence-corrected chi connectivity index (χ0v) is 12.8. The maximum Gasteiger partial charge on any atom is 0.272 e. The van der Waals surface area contributed by atoms with Gasteiger partial charge in [-0.1, -0.05) is 0 Å². The molecule has 1 saturated heterocycles. The molecule has 1 atom stereocenters. The first kappa shape index (κ1) is 13.7. The average Bonchev–Trinajstić information content (AvgIpc) is 3.26. The lowest BCUT2D eigenvalue weighted by Crippen LogP contribution is -2.37. The molecule has 1 amide bonds. The molecule has 23 heavy (non-hydrogen) atoms. The highest BCUT2D eigenvalue weighted by Gasteiger charge is 2.27. The van der Waals surface area contributed by atoms with Gasteiger partial charge in [-0.2, -0.15) is 5.10 Å². The Morgan fingerprint density at radius 1 is 1.26 bits per heavy atom. The lowest BCUT2D eigenvalue weighted by molar-refractivity contribution is 0.0934. The van der Waals surface area contributed by atoms with Crippen molar-refractivity contribution in [3.8, 4) is 0 Å². The van der Waals surface area contributed by atoms with E-state index < -0.39 is 0 Å². The number of aromatic nitrogens is 5. The van der Waals surface area contributed by atoms with Crippen LogP contribution in [0.3, 0.4) is 0 Å². The van der Waals surface area contributed by atoms with Crippen LogP contribution in [0.5, 0.6) is 0 Å². The summed E-state index contributed by atoms with van der Waals surface area (Å²) in [5.74, 6) is 0.719. The van der Waals surface area contributed by atoms with Crippen LogP contribution in [0.15, 0.2) is 37.1 Å². The van der Waals surface area contributed by atoms with Crippen LogP contribution in [0.2, 0.25) is 0 Å². The van der Waals surface area contributed by atoms with Crippen molar-refractivity contribution >= 4 is 17.4 Å². The fourth-order valence-electron chi connectivity index (χ4n) is 2.93. The number of fused-ring (bicyclic) bond motifs is 1. The van der Waals surface area contributed by atoms with Gasteiger partial charge >= 0.3 is 0 Å². The molecular formula is C15H17N7O. The number of rotatable bonds is 3.